The number of carbonyl (C=O) groups excluding carboxylic acids is 1. The van der Waals surface area contributed by atoms with Crippen LogP contribution in [0.3, 0.4) is 0 Å². The molecule has 1 heterocycles. The zero-order chi connectivity index (χ0) is 18.0. The lowest BCUT2D eigenvalue weighted by molar-refractivity contribution is -0.129. The van der Waals surface area contributed by atoms with Crippen molar-refractivity contribution in [3.8, 4) is 5.75 Å². The number of hydrogen-bond acceptors (Lipinski definition) is 3. The van der Waals surface area contributed by atoms with E-state index in [1.54, 1.807) is 7.11 Å². The van der Waals surface area contributed by atoms with E-state index in [1.165, 1.54) is 0 Å². The molecule has 5 nitrogen and oxygen atoms in total. The molecule has 0 spiro atoms. The number of H-pyrrole nitrogens is 1. The summed E-state index contributed by atoms with van der Waals surface area (Å²) in [5.41, 5.74) is 2.52. The van der Waals surface area contributed by atoms with E-state index in [0.717, 1.165) is 47.4 Å². The summed E-state index contributed by atoms with van der Waals surface area (Å²) < 4.78 is 5.49. The summed E-state index contributed by atoms with van der Waals surface area (Å²) in [7, 11) is 1.66. The normalized spacial score (nSPS) is 15.4. The summed E-state index contributed by atoms with van der Waals surface area (Å²) in [6, 6.07) is 15.8. The number of hydrogen-bond donors (Lipinski definition) is 2. The summed E-state index contributed by atoms with van der Waals surface area (Å²) in [4.78, 5) is 20.8. The Balaban J connectivity index is 1.45. The van der Waals surface area contributed by atoms with Gasteiger partial charge in [-0.2, -0.15) is 0 Å². The predicted molar refractivity (Wildman–Crippen MR) is 101 cm³/mol. The lowest BCUT2D eigenvalue weighted by Gasteiger charge is -2.41. The summed E-state index contributed by atoms with van der Waals surface area (Å²) >= 11 is 0. The molecule has 0 aliphatic heterocycles. The van der Waals surface area contributed by atoms with Crippen molar-refractivity contribution in [3.05, 3.63) is 59.9 Å². The molecular formula is C21H23N3O2. The molecule has 0 atom stereocenters. The topological polar surface area (TPSA) is 67.0 Å². The second-order valence-corrected chi connectivity index (χ2v) is 6.84. The number of para-hydroxylation sites is 3. The fourth-order valence-electron chi connectivity index (χ4n) is 3.78. The molecule has 26 heavy (non-hydrogen) atoms. The number of rotatable bonds is 6. The number of benzene rings is 2. The van der Waals surface area contributed by atoms with Gasteiger partial charge in [0.25, 0.3) is 0 Å². The average Bonchev–Trinajstić information content (AvgIpc) is 3.04. The van der Waals surface area contributed by atoms with Crippen LogP contribution < -0.4 is 10.1 Å². The SMILES string of the molecule is COc1ccccc1C1(C(=O)NCCc2nc3ccccc3[nH]2)CCC1. The Morgan fingerprint density at radius 1 is 1.19 bits per heavy atom. The molecule has 4 rings (SSSR count). The van der Waals surface area contributed by atoms with Gasteiger partial charge in [0, 0.05) is 18.5 Å². The van der Waals surface area contributed by atoms with E-state index in [0.29, 0.717) is 13.0 Å². The maximum absolute atomic E-state index is 13.0. The number of ether oxygens (including phenoxy) is 1. The van der Waals surface area contributed by atoms with E-state index >= 15 is 0 Å². The predicted octanol–water partition coefficient (Wildman–Crippen LogP) is 3.35. The number of nitrogens with zero attached hydrogens (tertiary/aromatic N) is 1. The van der Waals surface area contributed by atoms with Crippen LogP contribution in [0.15, 0.2) is 48.5 Å². The van der Waals surface area contributed by atoms with Gasteiger partial charge in [0.15, 0.2) is 0 Å². The Labute approximate surface area is 152 Å². The van der Waals surface area contributed by atoms with Crippen LogP contribution in [-0.4, -0.2) is 29.5 Å². The second-order valence-electron chi connectivity index (χ2n) is 6.84. The molecule has 3 aromatic rings. The Kier molecular flexibility index (Phi) is 4.37. The maximum atomic E-state index is 13.0. The van der Waals surface area contributed by atoms with Gasteiger partial charge in [0.05, 0.1) is 23.6 Å². The highest BCUT2D eigenvalue weighted by Crippen LogP contribution is 2.47. The number of methoxy groups -OCH3 is 1. The van der Waals surface area contributed by atoms with Crippen molar-refractivity contribution < 1.29 is 9.53 Å². The largest absolute Gasteiger partial charge is 0.496 e. The summed E-state index contributed by atoms with van der Waals surface area (Å²) in [5.74, 6) is 1.77. The molecule has 1 aliphatic carbocycles. The first kappa shape index (κ1) is 16.6. The number of fused-ring (bicyclic) bond motifs is 1. The molecule has 1 aliphatic rings. The molecule has 0 saturated heterocycles. The minimum absolute atomic E-state index is 0.0874. The van der Waals surface area contributed by atoms with Gasteiger partial charge in [-0.3, -0.25) is 4.79 Å². The number of imidazole rings is 1. The summed E-state index contributed by atoms with van der Waals surface area (Å²) in [6.45, 7) is 0.565. The van der Waals surface area contributed by atoms with Crippen molar-refractivity contribution in [2.24, 2.45) is 0 Å². The smallest absolute Gasteiger partial charge is 0.230 e. The Bertz CT molecular complexity index is 895. The van der Waals surface area contributed by atoms with E-state index in [1.807, 2.05) is 48.5 Å². The van der Waals surface area contributed by atoms with Crippen LogP contribution >= 0.6 is 0 Å². The standard InChI is InChI=1S/C21H23N3O2/c1-26-18-10-5-2-7-15(18)21(12-6-13-21)20(25)22-14-11-19-23-16-8-3-4-9-17(16)24-19/h2-5,7-10H,6,11-14H2,1H3,(H,22,25)(H,23,24). The van der Waals surface area contributed by atoms with Crippen LogP contribution in [0.2, 0.25) is 0 Å². The van der Waals surface area contributed by atoms with E-state index in [9.17, 15) is 4.79 Å². The van der Waals surface area contributed by atoms with Crippen molar-refractivity contribution in [1.29, 1.82) is 0 Å². The van der Waals surface area contributed by atoms with Gasteiger partial charge in [0.2, 0.25) is 5.91 Å². The van der Waals surface area contributed by atoms with Crippen LogP contribution in [0.1, 0.15) is 30.7 Å². The third-order valence-electron chi connectivity index (χ3n) is 5.35. The van der Waals surface area contributed by atoms with E-state index < -0.39 is 5.41 Å². The van der Waals surface area contributed by atoms with Gasteiger partial charge in [-0.25, -0.2) is 4.98 Å². The molecule has 5 heteroatoms. The monoisotopic (exact) mass is 349 g/mol. The summed E-state index contributed by atoms with van der Waals surface area (Å²) in [5, 5.41) is 3.11. The fourth-order valence-corrected chi connectivity index (χ4v) is 3.78. The first-order valence-corrected chi connectivity index (χ1v) is 9.08. The number of carbonyl (C=O) groups is 1. The van der Waals surface area contributed by atoms with E-state index in [2.05, 4.69) is 15.3 Å². The molecule has 2 aromatic carbocycles. The maximum Gasteiger partial charge on any atom is 0.230 e. The molecule has 1 fully saturated rings. The molecule has 0 bridgehead atoms. The molecule has 1 saturated carbocycles. The Morgan fingerprint density at radius 3 is 2.69 bits per heavy atom. The number of nitrogens with one attached hydrogen (secondary N) is 2. The average molecular weight is 349 g/mol. The van der Waals surface area contributed by atoms with Gasteiger partial charge in [-0.05, 0) is 31.0 Å². The molecule has 1 aromatic heterocycles. The zero-order valence-electron chi connectivity index (χ0n) is 14.9. The first-order chi connectivity index (χ1) is 12.7. The third-order valence-corrected chi connectivity index (χ3v) is 5.35. The van der Waals surface area contributed by atoms with Crippen LogP contribution in [0, 0.1) is 0 Å². The van der Waals surface area contributed by atoms with Crippen molar-refractivity contribution in [2.45, 2.75) is 31.1 Å². The second kappa shape index (κ2) is 6.83. The van der Waals surface area contributed by atoms with E-state index in [-0.39, 0.29) is 5.91 Å². The quantitative estimate of drug-likeness (QED) is 0.717. The van der Waals surface area contributed by atoms with Gasteiger partial charge in [-0.1, -0.05) is 36.8 Å². The van der Waals surface area contributed by atoms with Crippen molar-refractivity contribution >= 4 is 16.9 Å². The molecule has 2 N–H and O–H groups in total. The van der Waals surface area contributed by atoms with Crippen LogP contribution in [0.4, 0.5) is 0 Å². The van der Waals surface area contributed by atoms with Crippen molar-refractivity contribution in [1.82, 2.24) is 15.3 Å². The lowest BCUT2D eigenvalue weighted by atomic mass is 9.63. The fraction of sp³-hybridized carbons (Fsp3) is 0.333. The van der Waals surface area contributed by atoms with Crippen LogP contribution in [0.5, 0.6) is 5.75 Å². The number of aromatic amines is 1. The Morgan fingerprint density at radius 2 is 1.96 bits per heavy atom. The highest BCUT2D eigenvalue weighted by atomic mass is 16.5. The number of aromatic nitrogens is 2. The lowest BCUT2D eigenvalue weighted by Crippen LogP contribution is -2.49. The van der Waals surface area contributed by atoms with Gasteiger partial charge in [0.1, 0.15) is 11.6 Å². The van der Waals surface area contributed by atoms with Crippen molar-refractivity contribution in [3.63, 3.8) is 0 Å². The van der Waals surface area contributed by atoms with Crippen LogP contribution in [-0.2, 0) is 16.6 Å². The third kappa shape index (κ3) is 2.83. The molecule has 0 unspecified atom stereocenters. The summed E-state index contributed by atoms with van der Waals surface area (Å²) in [6.07, 6.45) is 3.48. The molecule has 0 radical (unpaired) electrons. The highest BCUT2D eigenvalue weighted by Gasteiger charge is 2.47. The minimum Gasteiger partial charge on any atom is -0.496 e. The highest BCUT2D eigenvalue weighted by molar-refractivity contribution is 5.90. The zero-order valence-corrected chi connectivity index (χ0v) is 14.9. The number of amides is 1. The van der Waals surface area contributed by atoms with Gasteiger partial charge in [-0.15, -0.1) is 0 Å². The van der Waals surface area contributed by atoms with Gasteiger partial charge >= 0.3 is 0 Å². The first-order valence-electron chi connectivity index (χ1n) is 9.08. The molecular weight excluding hydrogens is 326 g/mol. The molecule has 1 amide bonds. The van der Waals surface area contributed by atoms with E-state index in [4.69, 9.17) is 4.74 Å². The van der Waals surface area contributed by atoms with Crippen molar-refractivity contribution in [2.75, 3.05) is 13.7 Å². The van der Waals surface area contributed by atoms with Gasteiger partial charge < -0.3 is 15.0 Å². The molecule has 134 valence electrons. The van der Waals surface area contributed by atoms with Crippen LogP contribution in [0.25, 0.3) is 11.0 Å². The Hall–Kier alpha value is -2.82. The minimum atomic E-state index is -0.458.